The number of hydrogen-bond acceptors (Lipinski definition) is 5. The van der Waals surface area contributed by atoms with E-state index in [1.807, 2.05) is 19.9 Å². The van der Waals surface area contributed by atoms with Gasteiger partial charge in [-0.2, -0.15) is 0 Å². The van der Waals surface area contributed by atoms with E-state index in [-0.39, 0.29) is 6.54 Å². The lowest BCUT2D eigenvalue weighted by Gasteiger charge is -2.26. The smallest absolute Gasteiger partial charge is 0.264 e. The van der Waals surface area contributed by atoms with Gasteiger partial charge in [-0.25, -0.2) is 8.42 Å². The topological polar surface area (TPSA) is 49.9 Å². The van der Waals surface area contributed by atoms with Crippen LogP contribution in [0.2, 0.25) is 5.02 Å². The van der Waals surface area contributed by atoms with Crippen LogP contribution in [0.1, 0.15) is 21.6 Å². The van der Waals surface area contributed by atoms with E-state index in [1.54, 1.807) is 47.7 Å². The molecule has 1 aromatic heterocycles. The van der Waals surface area contributed by atoms with Crippen molar-refractivity contribution in [3.05, 3.63) is 80.5 Å². The summed E-state index contributed by atoms with van der Waals surface area (Å²) in [6.45, 7) is 8.38. The zero-order chi connectivity index (χ0) is 22.7. The normalized spacial score (nSPS) is 15.1. The van der Waals surface area contributed by atoms with Gasteiger partial charge in [0.25, 0.3) is 10.0 Å². The van der Waals surface area contributed by atoms with Gasteiger partial charge in [0.2, 0.25) is 0 Å². The molecule has 0 saturated carbocycles. The van der Waals surface area contributed by atoms with E-state index in [1.165, 1.54) is 9.87 Å². The molecule has 4 rings (SSSR count). The summed E-state index contributed by atoms with van der Waals surface area (Å²) in [7, 11) is -3.75. The molecule has 170 valence electrons. The van der Waals surface area contributed by atoms with Crippen LogP contribution in [0.25, 0.3) is 0 Å². The maximum absolute atomic E-state index is 13.7. The highest BCUT2D eigenvalue weighted by molar-refractivity contribution is 7.92. The van der Waals surface area contributed by atoms with Crippen molar-refractivity contribution < 1.29 is 13.2 Å². The molecule has 2 heterocycles. The van der Waals surface area contributed by atoms with Crippen LogP contribution in [0.15, 0.2) is 58.8 Å². The summed E-state index contributed by atoms with van der Waals surface area (Å²) in [5.74, 6) is 0. The lowest BCUT2D eigenvalue weighted by molar-refractivity contribution is 0.0342. The molecule has 0 aliphatic carbocycles. The average molecular weight is 491 g/mol. The second kappa shape index (κ2) is 9.93. The number of ether oxygens (including phenoxy) is 1. The zero-order valence-corrected chi connectivity index (χ0v) is 20.6. The molecule has 0 unspecified atom stereocenters. The molecule has 0 N–H and O–H groups in total. The van der Waals surface area contributed by atoms with E-state index >= 15 is 0 Å². The molecular weight excluding hydrogens is 464 g/mol. The summed E-state index contributed by atoms with van der Waals surface area (Å²) in [5.41, 5.74) is 3.81. The number of anilines is 1. The third kappa shape index (κ3) is 5.35. The van der Waals surface area contributed by atoms with Gasteiger partial charge >= 0.3 is 0 Å². The van der Waals surface area contributed by atoms with Crippen LogP contribution < -0.4 is 4.31 Å². The quantitative estimate of drug-likeness (QED) is 0.454. The van der Waals surface area contributed by atoms with Crippen molar-refractivity contribution in [1.82, 2.24) is 4.90 Å². The van der Waals surface area contributed by atoms with E-state index < -0.39 is 10.0 Å². The highest BCUT2D eigenvalue weighted by Gasteiger charge is 2.26. The van der Waals surface area contributed by atoms with Gasteiger partial charge in [-0.05, 0) is 78.4 Å². The molecule has 1 saturated heterocycles. The van der Waals surface area contributed by atoms with E-state index in [9.17, 15) is 8.42 Å². The number of hydrogen-bond donors (Lipinski definition) is 0. The van der Waals surface area contributed by atoms with Crippen molar-refractivity contribution in [2.75, 3.05) is 30.6 Å². The first-order valence-corrected chi connectivity index (χ1v) is 13.2. The monoisotopic (exact) mass is 490 g/mol. The largest absolute Gasteiger partial charge is 0.379 e. The highest BCUT2D eigenvalue weighted by atomic mass is 35.5. The molecule has 1 aliphatic heterocycles. The predicted molar refractivity (Wildman–Crippen MR) is 131 cm³/mol. The Bertz CT molecular complexity index is 1170. The minimum Gasteiger partial charge on any atom is -0.379 e. The Morgan fingerprint density at radius 1 is 1.03 bits per heavy atom. The number of morpholine rings is 1. The average Bonchev–Trinajstić information content (AvgIpc) is 3.22. The van der Waals surface area contributed by atoms with Crippen molar-refractivity contribution >= 4 is 38.6 Å². The third-order valence-corrected chi connectivity index (χ3v) is 8.69. The Morgan fingerprint density at radius 3 is 2.44 bits per heavy atom. The number of halogens is 1. The van der Waals surface area contributed by atoms with Crippen molar-refractivity contribution in [2.24, 2.45) is 0 Å². The number of sulfonamides is 1. The Hall–Kier alpha value is -1.90. The number of benzene rings is 2. The molecule has 3 aromatic rings. The van der Waals surface area contributed by atoms with Crippen LogP contribution in [-0.2, 0) is 27.8 Å². The van der Waals surface area contributed by atoms with E-state index in [2.05, 4.69) is 16.3 Å². The Balaban J connectivity index is 1.63. The Labute approximate surface area is 199 Å². The van der Waals surface area contributed by atoms with Gasteiger partial charge in [0.15, 0.2) is 0 Å². The molecule has 2 aromatic carbocycles. The lowest BCUT2D eigenvalue weighted by atomic mass is 10.1. The van der Waals surface area contributed by atoms with Crippen molar-refractivity contribution in [3.8, 4) is 0 Å². The lowest BCUT2D eigenvalue weighted by Crippen LogP contribution is -2.35. The van der Waals surface area contributed by atoms with Crippen LogP contribution >= 0.6 is 22.9 Å². The molecule has 0 spiro atoms. The molecule has 0 bridgehead atoms. The van der Waals surface area contributed by atoms with E-state index in [4.69, 9.17) is 16.3 Å². The van der Waals surface area contributed by atoms with Gasteiger partial charge in [-0.15, -0.1) is 11.3 Å². The molecule has 0 amide bonds. The Kier molecular flexibility index (Phi) is 7.22. The van der Waals surface area contributed by atoms with Crippen molar-refractivity contribution in [3.63, 3.8) is 0 Å². The first-order valence-electron chi connectivity index (χ1n) is 10.5. The number of aryl methyl sites for hydroxylation is 2. The van der Waals surface area contributed by atoms with Gasteiger partial charge in [0.05, 0.1) is 30.3 Å². The van der Waals surface area contributed by atoms with Crippen molar-refractivity contribution in [2.45, 2.75) is 31.8 Å². The maximum Gasteiger partial charge on any atom is 0.264 e. The summed E-state index contributed by atoms with van der Waals surface area (Å²) in [6.07, 6.45) is 0. The fourth-order valence-corrected chi connectivity index (χ4v) is 6.28. The minimum absolute atomic E-state index is 0.269. The summed E-state index contributed by atoms with van der Waals surface area (Å²) in [4.78, 5) is 3.65. The van der Waals surface area contributed by atoms with Crippen LogP contribution in [-0.4, -0.2) is 39.6 Å². The third-order valence-electron chi connectivity index (χ3n) is 5.70. The van der Waals surface area contributed by atoms with Gasteiger partial charge in [-0.3, -0.25) is 9.21 Å². The molecule has 1 aliphatic rings. The van der Waals surface area contributed by atoms with E-state index in [0.29, 0.717) is 15.6 Å². The van der Waals surface area contributed by atoms with Gasteiger partial charge in [-0.1, -0.05) is 17.7 Å². The number of thiophene rings is 1. The van der Waals surface area contributed by atoms with E-state index in [0.717, 1.165) is 48.9 Å². The second-order valence-corrected chi connectivity index (χ2v) is 11.3. The predicted octanol–water partition coefficient (Wildman–Crippen LogP) is 5.25. The van der Waals surface area contributed by atoms with Crippen LogP contribution in [0.3, 0.4) is 0 Å². The molecule has 8 heteroatoms. The molecule has 0 atom stereocenters. The summed E-state index contributed by atoms with van der Waals surface area (Å²) < 4.78 is 34.3. The fraction of sp³-hybridized carbons (Fsp3) is 0.333. The fourth-order valence-electron chi connectivity index (χ4n) is 3.68. The van der Waals surface area contributed by atoms with Gasteiger partial charge in [0, 0.05) is 29.5 Å². The summed E-state index contributed by atoms with van der Waals surface area (Å²) in [5, 5.41) is 2.69. The first-order chi connectivity index (χ1) is 15.3. The number of nitrogens with zero attached hydrogens (tertiary/aromatic N) is 2. The molecule has 5 nitrogen and oxygen atoms in total. The molecular formula is C24H27ClN2O3S2. The molecule has 32 heavy (non-hydrogen) atoms. The second-order valence-electron chi connectivity index (χ2n) is 8.04. The van der Waals surface area contributed by atoms with Crippen LogP contribution in [0.4, 0.5) is 5.69 Å². The van der Waals surface area contributed by atoms with Crippen LogP contribution in [0, 0.1) is 13.8 Å². The van der Waals surface area contributed by atoms with Gasteiger partial charge in [0.1, 0.15) is 0 Å². The van der Waals surface area contributed by atoms with Gasteiger partial charge < -0.3 is 4.74 Å². The maximum atomic E-state index is 13.7. The minimum atomic E-state index is -3.75. The SMILES string of the molecule is Cc1ccc(S(=O)(=O)N(Cc2cc(CN3CCOCC3)cs2)c2ccc(Cl)cc2)cc1C. The first kappa shape index (κ1) is 23.3. The zero-order valence-electron chi connectivity index (χ0n) is 18.3. The Morgan fingerprint density at radius 2 is 1.75 bits per heavy atom. The number of rotatable bonds is 7. The highest BCUT2D eigenvalue weighted by Crippen LogP contribution is 2.30. The summed E-state index contributed by atoms with van der Waals surface area (Å²) >= 11 is 7.65. The van der Waals surface area contributed by atoms with Crippen molar-refractivity contribution in [1.29, 1.82) is 0 Å². The van der Waals surface area contributed by atoms with Crippen LogP contribution in [0.5, 0.6) is 0 Å². The molecule has 1 fully saturated rings. The standard InChI is InChI=1S/C24H27ClN2O3S2/c1-18-3-8-24(13-19(18)2)32(28,29)27(22-6-4-21(25)5-7-22)16-23-14-20(17-31-23)15-26-9-11-30-12-10-26/h3-8,13-14,17H,9-12,15-16H2,1-2H3. The summed E-state index contributed by atoms with van der Waals surface area (Å²) in [6, 6.07) is 14.3. The molecule has 0 radical (unpaired) electrons.